The van der Waals surface area contributed by atoms with Gasteiger partial charge in [-0.15, -0.1) is 0 Å². The normalized spacial score (nSPS) is 26.0. The Morgan fingerprint density at radius 2 is 2.06 bits per heavy atom. The van der Waals surface area contributed by atoms with Crippen LogP contribution in [-0.2, 0) is 9.59 Å². The zero-order valence-corrected chi connectivity index (χ0v) is 10.5. The first-order valence-electron chi connectivity index (χ1n) is 6.23. The highest BCUT2D eigenvalue weighted by atomic mass is 16.2. The van der Waals surface area contributed by atoms with E-state index >= 15 is 0 Å². The van der Waals surface area contributed by atoms with Crippen molar-refractivity contribution in [3.63, 3.8) is 0 Å². The SMILES string of the molecule is CN1C(=O)CC(N=C(NN)NC2CCCC2)C1=O. The summed E-state index contributed by atoms with van der Waals surface area (Å²) in [6.45, 7) is 0. The van der Waals surface area contributed by atoms with Gasteiger partial charge in [-0.2, -0.15) is 0 Å². The molecular formula is C11H19N5O2. The molecular weight excluding hydrogens is 234 g/mol. The van der Waals surface area contributed by atoms with E-state index in [0.717, 1.165) is 17.7 Å². The number of likely N-dealkylation sites (N-methyl/N-ethyl adjacent to an activating group) is 1. The van der Waals surface area contributed by atoms with Gasteiger partial charge in [-0.3, -0.25) is 19.9 Å². The van der Waals surface area contributed by atoms with Gasteiger partial charge < -0.3 is 5.32 Å². The van der Waals surface area contributed by atoms with Crippen LogP contribution in [0.4, 0.5) is 0 Å². The molecule has 100 valence electrons. The van der Waals surface area contributed by atoms with Crippen LogP contribution in [0.1, 0.15) is 32.1 Å². The lowest BCUT2D eigenvalue weighted by molar-refractivity contribution is -0.136. The molecule has 0 aromatic carbocycles. The molecule has 7 heteroatoms. The Balaban J connectivity index is 2.00. The van der Waals surface area contributed by atoms with Crippen molar-refractivity contribution in [2.24, 2.45) is 10.8 Å². The molecule has 1 heterocycles. The van der Waals surface area contributed by atoms with Gasteiger partial charge in [0.2, 0.25) is 11.9 Å². The number of guanidine groups is 1. The number of amides is 2. The van der Waals surface area contributed by atoms with E-state index in [2.05, 4.69) is 15.7 Å². The van der Waals surface area contributed by atoms with E-state index in [9.17, 15) is 9.59 Å². The van der Waals surface area contributed by atoms with E-state index in [1.165, 1.54) is 19.9 Å². The Morgan fingerprint density at radius 3 is 2.56 bits per heavy atom. The summed E-state index contributed by atoms with van der Waals surface area (Å²) in [5.41, 5.74) is 2.46. The predicted molar refractivity (Wildman–Crippen MR) is 66.3 cm³/mol. The number of imide groups is 1. The van der Waals surface area contributed by atoms with Crippen LogP contribution in [0.5, 0.6) is 0 Å². The number of aliphatic imine (C=N–C) groups is 1. The lowest BCUT2D eigenvalue weighted by Gasteiger charge is -2.16. The van der Waals surface area contributed by atoms with E-state index in [1.54, 1.807) is 0 Å². The first-order chi connectivity index (χ1) is 8.61. The van der Waals surface area contributed by atoms with Crippen molar-refractivity contribution in [2.45, 2.75) is 44.2 Å². The van der Waals surface area contributed by atoms with Gasteiger partial charge in [-0.25, -0.2) is 10.8 Å². The van der Waals surface area contributed by atoms with Crippen molar-refractivity contribution in [1.82, 2.24) is 15.6 Å². The fourth-order valence-corrected chi connectivity index (χ4v) is 2.37. The largest absolute Gasteiger partial charge is 0.353 e. The van der Waals surface area contributed by atoms with E-state index < -0.39 is 6.04 Å². The van der Waals surface area contributed by atoms with Crippen molar-refractivity contribution in [1.29, 1.82) is 0 Å². The molecule has 4 N–H and O–H groups in total. The van der Waals surface area contributed by atoms with Gasteiger partial charge in [0.15, 0.2) is 0 Å². The highest BCUT2D eigenvalue weighted by Crippen LogP contribution is 2.18. The smallest absolute Gasteiger partial charge is 0.254 e. The fourth-order valence-electron chi connectivity index (χ4n) is 2.37. The van der Waals surface area contributed by atoms with Gasteiger partial charge in [0.25, 0.3) is 5.91 Å². The maximum Gasteiger partial charge on any atom is 0.254 e. The third-order valence-corrected chi connectivity index (χ3v) is 3.48. The molecule has 1 atom stereocenters. The van der Waals surface area contributed by atoms with Crippen LogP contribution in [0.25, 0.3) is 0 Å². The van der Waals surface area contributed by atoms with Crippen LogP contribution in [0.15, 0.2) is 4.99 Å². The number of hydrogen-bond acceptors (Lipinski definition) is 4. The number of nitrogens with one attached hydrogen (secondary N) is 2. The molecule has 1 saturated carbocycles. The zero-order chi connectivity index (χ0) is 13.1. The molecule has 0 aromatic rings. The van der Waals surface area contributed by atoms with Gasteiger partial charge in [0.1, 0.15) is 6.04 Å². The summed E-state index contributed by atoms with van der Waals surface area (Å²) in [6.07, 6.45) is 4.67. The first-order valence-corrected chi connectivity index (χ1v) is 6.23. The Bertz CT molecular complexity index is 376. The molecule has 1 aliphatic carbocycles. The quantitative estimate of drug-likeness (QED) is 0.195. The summed E-state index contributed by atoms with van der Waals surface area (Å²) < 4.78 is 0. The zero-order valence-electron chi connectivity index (χ0n) is 10.5. The van der Waals surface area contributed by atoms with Crippen LogP contribution < -0.4 is 16.6 Å². The standard InChI is InChI=1S/C11H19N5O2/c1-16-9(17)6-8(10(16)18)14-11(15-12)13-7-4-2-3-5-7/h7-8H,2-6,12H2,1H3,(H2,13,14,15). The predicted octanol–water partition coefficient (Wildman–Crippen LogP) is -0.905. The second-order valence-corrected chi connectivity index (χ2v) is 4.76. The lowest BCUT2D eigenvalue weighted by atomic mass is 10.2. The van der Waals surface area contributed by atoms with E-state index in [1.807, 2.05) is 0 Å². The molecule has 0 radical (unpaired) electrons. The van der Waals surface area contributed by atoms with Gasteiger partial charge >= 0.3 is 0 Å². The highest BCUT2D eigenvalue weighted by Gasteiger charge is 2.36. The number of rotatable bonds is 2. The topological polar surface area (TPSA) is 99.8 Å². The monoisotopic (exact) mass is 253 g/mol. The number of nitrogens with two attached hydrogens (primary N) is 1. The first kappa shape index (κ1) is 12.8. The van der Waals surface area contributed by atoms with Crippen LogP contribution in [0, 0.1) is 0 Å². The number of hydrazine groups is 1. The summed E-state index contributed by atoms with van der Waals surface area (Å²) in [5, 5.41) is 3.17. The molecule has 0 aromatic heterocycles. The van der Waals surface area contributed by atoms with Crippen LogP contribution in [-0.4, -0.2) is 41.8 Å². The van der Waals surface area contributed by atoms with Gasteiger partial charge in [0.05, 0.1) is 6.42 Å². The minimum absolute atomic E-state index is 0.118. The second kappa shape index (κ2) is 5.34. The van der Waals surface area contributed by atoms with Crippen molar-refractivity contribution in [2.75, 3.05) is 7.05 Å². The summed E-state index contributed by atoms with van der Waals surface area (Å²) in [6, 6.07) is -0.299. The molecule has 1 aliphatic heterocycles. The maximum atomic E-state index is 11.7. The maximum absolute atomic E-state index is 11.7. The molecule has 1 unspecified atom stereocenters. The summed E-state index contributed by atoms with van der Waals surface area (Å²) >= 11 is 0. The van der Waals surface area contributed by atoms with Crippen molar-refractivity contribution >= 4 is 17.8 Å². The fraction of sp³-hybridized carbons (Fsp3) is 0.727. The number of nitrogens with zero attached hydrogens (tertiary/aromatic N) is 2. The number of carbonyl (C=O) groups is 2. The summed E-state index contributed by atoms with van der Waals surface area (Å²) in [7, 11) is 1.47. The Kier molecular flexibility index (Phi) is 3.81. The summed E-state index contributed by atoms with van der Waals surface area (Å²) in [4.78, 5) is 28.4. The Labute approximate surface area is 106 Å². The Hall–Kier alpha value is -1.63. The number of carbonyl (C=O) groups excluding carboxylic acids is 2. The molecule has 18 heavy (non-hydrogen) atoms. The summed E-state index contributed by atoms with van der Waals surface area (Å²) in [5.74, 6) is 5.30. The van der Waals surface area contributed by atoms with Crippen LogP contribution in [0.2, 0.25) is 0 Å². The highest BCUT2D eigenvalue weighted by molar-refractivity contribution is 6.06. The van der Waals surface area contributed by atoms with Gasteiger partial charge in [-0.1, -0.05) is 12.8 Å². The Morgan fingerprint density at radius 1 is 1.39 bits per heavy atom. The molecule has 1 saturated heterocycles. The third kappa shape index (κ3) is 2.61. The molecule has 0 bridgehead atoms. The average molecular weight is 253 g/mol. The second-order valence-electron chi connectivity index (χ2n) is 4.76. The molecule has 2 rings (SSSR count). The van der Waals surface area contributed by atoms with Crippen LogP contribution >= 0.6 is 0 Å². The molecule has 2 aliphatic rings. The molecule has 2 fully saturated rings. The van der Waals surface area contributed by atoms with E-state index in [4.69, 9.17) is 5.84 Å². The van der Waals surface area contributed by atoms with E-state index in [0.29, 0.717) is 12.0 Å². The number of hydrogen-bond donors (Lipinski definition) is 3. The molecule has 7 nitrogen and oxygen atoms in total. The van der Waals surface area contributed by atoms with Gasteiger partial charge in [0, 0.05) is 13.1 Å². The molecule has 0 spiro atoms. The molecule has 2 amide bonds. The van der Waals surface area contributed by atoms with Crippen LogP contribution in [0.3, 0.4) is 0 Å². The third-order valence-electron chi connectivity index (χ3n) is 3.48. The lowest BCUT2D eigenvalue weighted by Crippen LogP contribution is -2.46. The van der Waals surface area contributed by atoms with Gasteiger partial charge in [-0.05, 0) is 12.8 Å². The average Bonchev–Trinajstić information content (AvgIpc) is 2.94. The van der Waals surface area contributed by atoms with Crippen molar-refractivity contribution < 1.29 is 9.59 Å². The minimum atomic E-state index is -0.651. The van der Waals surface area contributed by atoms with Crippen molar-refractivity contribution in [3.05, 3.63) is 0 Å². The van der Waals surface area contributed by atoms with E-state index in [-0.39, 0.29) is 18.2 Å². The van der Waals surface area contributed by atoms with Crippen molar-refractivity contribution in [3.8, 4) is 0 Å². The number of likely N-dealkylation sites (tertiary alicyclic amines) is 1. The minimum Gasteiger partial charge on any atom is -0.353 e.